The lowest BCUT2D eigenvalue weighted by molar-refractivity contribution is 0.173. The second-order valence-corrected chi connectivity index (χ2v) is 5.16. The van der Waals surface area contributed by atoms with E-state index in [1.165, 1.54) is 12.8 Å². The van der Waals surface area contributed by atoms with Gasteiger partial charge in [-0.1, -0.05) is 13.8 Å². The number of nitrogens with zero attached hydrogens (tertiary/aromatic N) is 1. The predicted molar refractivity (Wildman–Crippen MR) is 62.5 cm³/mol. The van der Waals surface area contributed by atoms with Gasteiger partial charge in [0.25, 0.3) is 0 Å². The summed E-state index contributed by atoms with van der Waals surface area (Å²) in [6, 6.07) is 2.01. The summed E-state index contributed by atoms with van der Waals surface area (Å²) in [5, 5.41) is 3.50. The molecule has 0 saturated heterocycles. The van der Waals surface area contributed by atoms with Crippen LogP contribution in [0.2, 0.25) is 0 Å². The van der Waals surface area contributed by atoms with Crippen molar-refractivity contribution in [3.8, 4) is 0 Å². The van der Waals surface area contributed by atoms with E-state index in [0.29, 0.717) is 12.1 Å². The van der Waals surface area contributed by atoms with Gasteiger partial charge in [-0.05, 0) is 39.7 Å². The SMILES string of the molecule is CC(C)NCC(C)N(C)C(C)C1CC1. The van der Waals surface area contributed by atoms with E-state index in [0.717, 1.165) is 18.5 Å². The lowest BCUT2D eigenvalue weighted by Gasteiger charge is -2.31. The molecule has 84 valence electrons. The normalized spacial score (nSPS) is 21.6. The van der Waals surface area contributed by atoms with Crippen LogP contribution < -0.4 is 5.32 Å². The fourth-order valence-electron chi connectivity index (χ4n) is 1.86. The molecule has 1 saturated carbocycles. The van der Waals surface area contributed by atoms with Crippen molar-refractivity contribution >= 4 is 0 Å². The third-order valence-corrected chi connectivity index (χ3v) is 3.46. The highest BCUT2D eigenvalue weighted by molar-refractivity contribution is 4.86. The first-order chi connectivity index (χ1) is 6.52. The summed E-state index contributed by atoms with van der Waals surface area (Å²) < 4.78 is 0. The summed E-state index contributed by atoms with van der Waals surface area (Å²) in [5.74, 6) is 0.974. The first-order valence-electron chi connectivity index (χ1n) is 5.97. The van der Waals surface area contributed by atoms with Gasteiger partial charge >= 0.3 is 0 Å². The van der Waals surface area contributed by atoms with Gasteiger partial charge in [0.2, 0.25) is 0 Å². The third kappa shape index (κ3) is 3.58. The molecule has 0 amide bonds. The average Bonchev–Trinajstić information content (AvgIpc) is 2.94. The molecule has 2 atom stereocenters. The van der Waals surface area contributed by atoms with Gasteiger partial charge in [-0.25, -0.2) is 0 Å². The van der Waals surface area contributed by atoms with Gasteiger partial charge in [-0.3, -0.25) is 4.90 Å². The molecule has 14 heavy (non-hydrogen) atoms. The summed E-state index contributed by atoms with van der Waals surface area (Å²) in [5.41, 5.74) is 0. The molecule has 0 heterocycles. The number of nitrogens with one attached hydrogen (secondary N) is 1. The minimum absolute atomic E-state index is 0.599. The van der Waals surface area contributed by atoms with Crippen molar-refractivity contribution in [2.24, 2.45) is 5.92 Å². The zero-order valence-corrected chi connectivity index (χ0v) is 10.4. The van der Waals surface area contributed by atoms with Crippen molar-refractivity contribution in [2.75, 3.05) is 13.6 Å². The van der Waals surface area contributed by atoms with Gasteiger partial charge in [0.05, 0.1) is 0 Å². The molecule has 0 aliphatic heterocycles. The van der Waals surface area contributed by atoms with E-state index in [4.69, 9.17) is 0 Å². The monoisotopic (exact) mass is 198 g/mol. The van der Waals surface area contributed by atoms with E-state index in [-0.39, 0.29) is 0 Å². The maximum Gasteiger partial charge on any atom is 0.0192 e. The summed E-state index contributed by atoms with van der Waals surface area (Å²) >= 11 is 0. The van der Waals surface area contributed by atoms with Crippen LogP contribution in [0.4, 0.5) is 0 Å². The molecule has 0 spiro atoms. The van der Waals surface area contributed by atoms with Gasteiger partial charge in [-0.15, -0.1) is 0 Å². The van der Waals surface area contributed by atoms with Crippen LogP contribution in [0.25, 0.3) is 0 Å². The molecular formula is C12H26N2. The second-order valence-electron chi connectivity index (χ2n) is 5.16. The Labute approximate surface area is 89.1 Å². The number of rotatable bonds is 6. The van der Waals surface area contributed by atoms with Crippen molar-refractivity contribution in [2.45, 2.75) is 58.7 Å². The van der Waals surface area contributed by atoms with Crippen LogP contribution in [0.5, 0.6) is 0 Å². The zero-order chi connectivity index (χ0) is 10.7. The van der Waals surface area contributed by atoms with Crippen LogP contribution in [-0.4, -0.2) is 36.6 Å². The minimum atomic E-state index is 0.599. The molecule has 2 nitrogen and oxygen atoms in total. The smallest absolute Gasteiger partial charge is 0.0192 e. The quantitative estimate of drug-likeness (QED) is 0.703. The first-order valence-corrected chi connectivity index (χ1v) is 5.97. The van der Waals surface area contributed by atoms with Crippen LogP contribution in [-0.2, 0) is 0 Å². The molecule has 0 aromatic carbocycles. The van der Waals surface area contributed by atoms with Crippen LogP contribution >= 0.6 is 0 Å². The Morgan fingerprint density at radius 2 is 1.79 bits per heavy atom. The van der Waals surface area contributed by atoms with E-state index in [9.17, 15) is 0 Å². The largest absolute Gasteiger partial charge is 0.313 e. The molecular weight excluding hydrogens is 172 g/mol. The molecule has 2 unspecified atom stereocenters. The molecule has 2 heteroatoms. The Morgan fingerprint density at radius 3 is 2.21 bits per heavy atom. The summed E-state index contributed by atoms with van der Waals surface area (Å²) in [4.78, 5) is 2.52. The molecule has 1 fully saturated rings. The zero-order valence-electron chi connectivity index (χ0n) is 10.4. The van der Waals surface area contributed by atoms with E-state index < -0.39 is 0 Å². The molecule has 0 aromatic heterocycles. The fraction of sp³-hybridized carbons (Fsp3) is 1.00. The van der Waals surface area contributed by atoms with Crippen molar-refractivity contribution < 1.29 is 0 Å². The van der Waals surface area contributed by atoms with Crippen LogP contribution in [0.3, 0.4) is 0 Å². The van der Waals surface area contributed by atoms with Crippen molar-refractivity contribution in [1.82, 2.24) is 10.2 Å². The molecule has 0 bridgehead atoms. The van der Waals surface area contributed by atoms with Crippen molar-refractivity contribution in [3.05, 3.63) is 0 Å². The summed E-state index contributed by atoms with van der Waals surface area (Å²) in [6.07, 6.45) is 2.88. The Kier molecular flexibility index (Phi) is 4.39. The molecule has 1 aliphatic carbocycles. The van der Waals surface area contributed by atoms with E-state index >= 15 is 0 Å². The fourth-order valence-corrected chi connectivity index (χ4v) is 1.86. The summed E-state index contributed by atoms with van der Waals surface area (Å²) in [7, 11) is 2.26. The lowest BCUT2D eigenvalue weighted by Crippen LogP contribution is -2.44. The van der Waals surface area contributed by atoms with Crippen molar-refractivity contribution in [1.29, 1.82) is 0 Å². The second kappa shape index (κ2) is 5.13. The Balaban J connectivity index is 2.23. The highest BCUT2D eigenvalue weighted by Gasteiger charge is 2.31. The number of hydrogen-bond donors (Lipinski definition) is 1. The van der Waals surface area contributed by atoms with E-state index in [1.54, 1.807) is 0 Å². The Morgan fingerprint density at radius 1 is 1.21 bits per heavy atom. The number of likely N-dealkylation sites (N-methyl/N-ethyl adjacent to an activating group) is 1. The first kappa shape index (κ1) is 12.0. The molecule has 0 radical (unpaired) electrons. The predicted octanol–water partition coefficient (Wildman–Crippen LogP) is 2.10. The Hall–Kier alpha value is -0.0800. The molecule has 0 aromatic rings. The standard InChI is InChI=1S/C12H26N2/c1-9(2)13-8-10(3)14(5)11(4)12-6-7-12/h9-13H,6-8H2,1-5H3. The molecule has 1 rings (SSSR count). The summed E-state index contributed by atoms with van der Waals surface area (Å²) in [6.45, 7) is 10.2. The highest BCUT2D eigenvalue weighted by atomic mass is 15.2. The van der Waals surface area contributed by atoms with Gasteiger partial charge in [0.1, 0.15) is 0 Å². The van der Waals surface area contributed by atoms with Crippen LogP contribution in [0.15, 0.2) is 0 Å². The third-order valence-electron chi connectivity index (χ3n) is 3.46. The minimum Gasteiger partial charge on any atom is -0.313 e. The van der Waals surface area contributed by atoms with E-state index in [2.05, 4.69) is 45.0 Å². The van der Waals surface area contributed by atoms with E-state index in [1.807, 2.05) is 0 Å². The number of hydrogen-bond acceptors (Lipinski definition) is 2. The Bertz CT molecular complexity index is 164. The van der Waals surface area contributed by atoms with Crippen LogP contribution in [0, 0.1) is 5.92 Å². The van der Waals surface area contributed by atoms with Crippen molar-refractivity contribution in [3.63, 3.8) is 0 Å². The van der Waals surface area contributed by atoms with Gasteiger partial charge in [-0.2, -0.15) is 0 Å². The molecule has 1 aliphatic rings. The lowest BCUT2D eigenvalue weighted by atomic mass is 10.1. The van der Waals surface area contributed by atoms with Gasteiger partial charge < -0.3 is 5.32 Å². The maximum atomic E-state index is 3.50. The average molecular weight is 198 g/mol. The molecule has 1 N–H and O–H groups in total. The van der Waals surface area contributed by atoms with Gasteiger partial charge in [0.15, 0.2) is 0 Å². The topological polar surface area (TPSA) is 15.3 Å². The van der Waals surface area contributed by atoms with Gasteiger partial charge in [0, 0.05) is 24.7 Å². The van der Waals surface area contributed by atoms with Crippen LogP contribution in [0.1, 0.15) is 40.5 Å². The highest BCUT2D eigenvalue weighted by Crippen LogP contribution is 2.35. The maximum absolute atomic E-state index is 3.50.